The van der Waals surface area contributed by atoms with E-state index in [0.29, 0.717) is 13.1 Å². The van der Waals surface area contributed by atoms with E-state index in [9.17, 15) is 19.2 Å². The number of carbonyl (C=O) groups is 4. The lowest BCUT2D eigenvalue weighted by Crippen LogP contribution is -2.51. The highest BCUT2D eigenvalue weighted by atomic mass is 16.5. The van der Waals surface area contributed by atoms with Crippen LogP contribution in [0.3, 0.4) is 0 Å². The van der Waals surface area contributed by atoms with Crippen molar-refractivity contribution in [3.63, 3.8) is 0 Å². The fraction of sp³-hybridized carbons (Fsp3) is 0.489. The van der Waals surface area contributed by atoms with Crippen LogP contribution in [0.5, 0.6) is 0 Å². The van der Waals surface area contributed by atoms with Crippen LogP contribution in [0.4, 0.5) is 9.59 Å². The molecule has 0 unspecified atom stereocenters. The van der Waals surface area contributed by atoms with Gasteiger partial charge in [-0.15, -0.1) is 0 Å². The Bertz CT molecular complexity index is 2100. The molecule has 13 nitrogen and oxygen atoms in total. The minimum absolute atomic E-state index is 0.0643. The van der Waals surface area contributed by atoms with Crippen LogP contribution in [0.2, 0.25) is 0 Å². The molecule has 0 spiro atoms. The standard InChI is InChI=1S/C45H57N7O6/c1-26(2)37(49-44(55)57-5)42(53)51-23-9-13-35(51)40-33-12-8-7-11-32(33)39(48-40)31-21-17-29(18-22-31)28-15-19-30(20-16-28)34-25-46-41(47-34)36-14-10-24-52(36)43(54)38(27(3)4)50-45(56)58-6/h15-22,25-27,35-38,48H,7-14,23-24H2,1-6H3,(H,46,47)(H,49,55)(H,50,56)/t35-,36-,37-,38-/m0/s1. The number of amides is 4. The Morgan fingerprint density at radius 3 is 1.67 bits per heavy atom. The number of carbonyl (C=O) groups excluding carboxylic acids is 4. The van der Waals surface area contributed by atoms with E-state index in [1.807, 2.05) is 43.7 Å². The number of nitrogens with one attached hydrogen (secondary N) is 4. The van der Waals surface area contributed by atoms with Gasteiger partial charge in [0, 0.05) is 24.5 Å². The largest absolute Gasteiger partial charge is 0.453 e. The minimum Gasteiger partial charge on any atom is -0.453 e. The second kappa shape index (κ2) is 17.5. The molecule has 3 aliphatic rings. The number of aromatic amines is 2. The molecule has 4 heterocycles. The second-order valence-electron chi connectivity index (χ2n) is 16.5. The zero-order chi connectivity index (χ0) is 41.1. The molecule has 4 N–H and O–H groups in total. The number of fused-ring (bicyclic) bond motifs is 1. The average Bonchev–Trinajstić information content (AvgIpc) is 4.07. The first-order chi connectivity index (χ1) is 28.0. The van der Waals surface area contributed by atoms with Gasteiger partial charge in [-0.1, -0.05) is 76.2 Å². The lowest BCUT2D eigenvalue weighted by Gasteiger charge is -2.31. The van der Waals surface area contributed by atoms with Crippen LogP contribution in [-0.4, -0.2) is 88.1 Å². The number of hydrogen-bond donors (Lipinski definition) is 4. The van der Waals surface area contributed by atoms with Crippen molar-refractivity contribution in [2.24, 2.45) is 11.8 Å². The Morgan fingerprint density at radius 1 is 0.655 bits per heavy atom. The predicted molar refractivity (Wildman–Crippen MR) is 222 cm³/mol. The Kier molecular flexibility index (Phi) is 12.2. The van der Waals surface area contributed by atoms with Gasteiger partial charge in [-0.3, -0.25) is 9.59 Å². The molecule has 0 radical (unpaired) electrons. The fourth-order valence-electron chi connectivity index (χ4n) is 9.02. The third-order valence-corrected chi connectivity index (χ3v) is 12.2. The Hall–Kier alpha value is -5.59. The SMILES string of the molecule is COC(=O)N[C@H](C(=O)N1CCC[C@H]1c1ncc(-c2ccc(-c3ccc(-c4[nH]c([C@@H]5CCCN5C(=O)[C@@H](NC(=O)OC)C(C)C)c5c4CCCC5)cc3)cc2)[nH]1)C(C)C. The number of rotatable bonds is 11. The van der Waals surface area contributed by atoms with Crippen LogP contribution < -0.4 is 10.6 Å². The van der Waals surface area contributed by atoms with Crippen LogP contribution in [0.1, 0.15) is 101 Å². The smallest absolute Gasteiger partial charge is 0.407 e. The van der Waals surface area contributed by atoms with Crippen LogP contribution in [0.15, 0.2) is 54.7 Å². The molecule has 4 aromatic rings. The number of ether oxygens (including phenoxy) is 2. The van der Waals surface area contributed by atoms with Crippen molar-refractivity contribution in [3.8, 4) is 33.6 Å². The molecule has 0 saturated carbocycles. The van der Waals surface area contributed by atoms with Gasteiger partial charge in [-0.05, 0) is 96.6 Å². The Labute approximate surface area is 340 Å². The number of methoxy groups -OCH3 is 2. The van der Waals surface area contributed by atoms with Crippen molar-refractivity contribution in [3.05, 3.63) is 77.4 Å². The van der Waals surface area contributed by atoms with Crippen molar-refractivity contribution >= 4 is 24.0 Å². The number of nitrogens with zero attached hydrogens (tertiary/aromatic N) is 3. The molecule has 2 aromatic carbocycles. The number of alkyl carbamates (subject to hydrolysis) is 2. The molecule has 13 heteroatoms. The summed E-state index contributed by atoms with van der Waals surface area (Å²) in [4.78, 5) is 67.4. The highest BCUT2D eigenvalue weighted by Gasteiger charge is 2.40. The predicted octanol–water partition coefficient (Wildman–Crippen LogP) is 7.71. The van der Waals surface area contributed by atoms with Gasteiger partial charge in [0.25, 0.3) is 0 Å². The van der Waals surface area contributed by atoms with E-state index in [1.54, 1.807) is 0 Å². The van der Waals surface area contributed by atoms with Gasteiger partial charge >= 0.3 is 12.2 Å². The quantitative estimate of drug-likeness (QED) is 0.121. The van der Waals surface area contributed by atoms with Crippen LogP contribution in [-0.2, 0) is 31.9 Å². The van der Waals surface area contributed by atoms with Gasteiger partial charge in [-0.25, -0.2) is 14.6 Å². The van der Waals surface area contributed by atoms with Crippen LogP contribution in [0.25, 0.3) is 33.6 Å². The van der Waals surface area contributed by atoms with Gasteiger partial charge < -0.3 is 39.9 Å². The number of likely N-dealkylation sites (tertiary alicyclic amines) is 2. The minimum atomic E-state index is -0.684. The van der Waals surface area contributed by atoms with Crippen molar-refractivity contribution in [2.75, 3.05) is 27.3 Å². The van der Waals surface area contributed by atoms with Gasteiger partial charge in [0.1, 0.15) is 17.9 Å². The number of hydrogen-bond acceptors (Lipinski definition) is 7. The lowest BCUT2D eigenvalue weighted by atomic mass is 9.88. The lowest BCUT2D eigenvalue weighted by molar-refractivity contribution is -0.136. The van der Waals surface area contributed by atoms with E-state index in [-0.39, 0.29) is 35.7 Å². The summed E-state index contributed by atoms with van der Waals surface area (Å²) >= 11 is 0. The molecule has 1 aliphatic carbocycles. The summed E-state index contributed by atoms with van der Waals surface area (Å²) in [6.07, 6.45) is 8.28. The summed E-state index contributed by atoms with van der Waals surface area (Å²) < 4.78 is 9.61. The zero-order valence-electron chi connectivity index (χ0n) is 34.5. The average molecular weight is 792 g/mol. The number of aromatic nitrogens is 3. The number of H-pyrrole nitrogens is 2. The Balaban J connectivity index is 1.06. The maximum absolute atomic E-state index is 13.9. The summed E-state index contributed by atoms with van der Waals surface area (Å²) in [5.74, 6) is 0.356. The van der Waals surface area contributed by atoms with E-state index in [2.05, 4.69) is 69.1 Å². The van der Waals surface area contributed by atoms with E-state index in [0.717, 1.165) is 96.5 Å². The second-order valence-corrected chi connectivity index (χ2v) is 16.5. The summed E-state index contributed by atoms with van der Waals surface area (Å²) in [6, 6.07) is 15.5. The summed E-state index contributed by atoms with van der Waals surface area (Å²) in [5, 5.41) is 5.48. The molecule has 2 saturated heterocycles. The Morgan fingerprint density at radius 2 is 1.14 bits per heavy atom. The molecule has 4 amide bonds. The molecule has 2 fully saturated rings. The topological polar surface area (TPSA) is 162 Å². The van der Waals surface area contributed by atoms with Gasteiger partial charge in [0.05, 0.1) is 38.2 Å². The van der Waals surface area contributed by atoms with Crippen molar-refractivity contribution < 1.29 is 28.7 Å². The molecule has 2 aromatic heterocycles. The normalized spacial score (nSPS) is 18.9. The first-order valence-electron chi connectivity index (χ1n) is 20.8. The monoisotopic (exact) mass is 791 g/mol. The summed E-state index contributed by atoms with van der Waals surface area (Å²) in [5.41, 5.74) is 10.2. The third-order valence-electron chi connectivity index (χ3n) is 12.2. The van der Waals surface area contributed by atoms with Crippen LogP contribution in [0, 0.1) is 11.8 Å². The van der Waals surface area contributed by atoms with E-state index < -0.39 is 24.3 Å². The molecular weight excluding hydrogens is 735 g/mol. The summed E-state index contributed by atoms with van der Waals surface area (Å²) in [7, 11) is 2.61. The molecule has 0 bridgehead atoms. The van der Waals surface area contributed by atoms with Crippen molar-refractivity contribution in [2.45, 2.75) is 103 Å². The first kappa shape index (κ1) is 40.6. The fourth-order valence-corrected chi connectivity index (χ4v) is 9.02. The van der Waals surface area contributed by atoms with Gasteiger partial charge in [0.15, 0.2) is 0 Å². The maximum Gasteiger partial charge on any atom is 0.407 e. The molecule has 308 valence electrons. The van der Waals surface area contributed by atoms with Gasteiger partial charge in [-0.2, -0.15) is 0 Å². The highest BCUT2D eigenvalue weighted by Crippen LogP contribution is 2.42. The molecule has 58 heavy (non-hydrogen) atoms. The molecule has 7 rings (SSSR count). The number of imidazole rings is 1. The highest BCUT2D eigenvalue weighted by molar-refractivity contribution is 5.87. The first-order valence-corrected chi connectivity index (χ1v) is 20.8. The van der Waals surface area contributed by atoms with Gasteiger partial charge in [0.2, 0.25) is 11.8 Å². The molecular formula is C45H57N7O6. The van der Waals surface area contributed by atoms with E-state index in [4.69, 9.17) is 14.5 Å². The van der Waals surface area contributed by atoms with Crippen LogP contribution >= 0.6 is 0 Å². The van der Waals surface area contributed by atoms with E-state index in [1.165, 1.54) is 25.3 Å². The maximum atomic E-state index is 13.9. The van der Waals surface area contributed by atoms with E-state index >= 15 is 0 Å². The molecule has 2 aliphatic heterocycles. The van der Waals surface area contributed by atoms with Crippen molar-refractivity contribution in [1.82, 2.24) is 35.4 Å². The third kappa shape index (κ3) is 8.21. The zero-order valence-corrected chi connectivity index (χ0v) is 34.5. The number of benzene rings is 2. The molecule has 4 atom stereocenters. The summed E-state index contributed by atoms with van der Waals surface area (Å²) in [6.45, 7) is 8.96. The van der Waals surface area contributed by atoms with Crippen molar-refractivity contribution in [1.29, 1.82) is 0 Å².